The summed E-state index contributed by atoms with van der Waals surface area (Å²) in [6.45, 7) is 0. The van der Waals surface area contributed by atoms with Crippen molar-refractivity contribution in [3.8, 4) is 17.2 Å². The summed E-state index contributed by atoms with van der Waals surface area (Å²) >= 11 is 0. The van der Waals surface area contributed by atoms with Crippen LogP contribution in [0.1, 0.15) is 26.3 Å². The van der Waals surface area contributed by atoms with Gasteiger partial charge >= 0.3 is 5.97 Å². The number of ether oxygens (including phenoxy) is 3. The molecular weight excluding hydrogens is 380 g/mol. The van der Waals surface area contributed by atoms with Gasteiger partial charge in [-0.25, -0.2) is 4.79 Å². The predicted octanol–water partition coefficient (Wildman–Crippen LogP) is 5.09. The maximum absolute atomic E-state index is 12.5. The highest BCUT2D eigenvalue weighted by Crippen LogP contribution is 2.34. The molecule has 5 nitrogen and oxygen atoms in total. The van der Waals surface area contributed by atoms with Gasteiger partial charge in [-0.2, -0.15) is 0 Å². The van der Waals surface area contributed by atoms with Gasteiger partial charge in [-0.05, 0) is 42.0 Å². The van der Waals surface area contributed by atoms with Crippen molar-refractivity contribution in [1.29, 1.82) is 0 Å². The second kappa shape index (κ2) is 8.49. The molecule has 0 unspecified atom stereocenters. The minimum absolute atomic E-state index is 0.214. The fraction of sp³-hybridized carbons (Fsp3) is 0.0400. The van der Waals surface area contributed by atoms with Crippen LogP contribution in [-0.2, 0) is 0 Å². The highest BCUT2D eigenvalue weighted by Gasteiger charge is 2.27. The molecule has 1 aliphatic rings. The van der Waals surface area contributed by atoms with Crippen LogP contribution in [0.5, 0.6) is 17.2 Å². The van der Waals surface area contributed by atoms with Crippen LogP contribution < -0.4 is 14.2 Å². The van der Waals surface area contributed by atoms with Gasteiger partial charge in [-0.15, -0.1) is 0 Å². The second-order valence-corrected chi connectivity index (χ2v) is 6.51. The van der Waals surface area contributed by atoms with Crippen LogP contribution in [0.25, 0.3) is 6.08 Å². The van der Waals surface area contributed by atoms with Gasteiger partial charge in [-0.3, -0.25) is 4.79 Å². The van der Waals surface area contributed by atoms with Crippen LogP contribution in [0.3, 0.4) is 0 Å². The lowest BCUT2D eigenvalue weighted by atomic mass is 10.1. The third-order valence-corrected chi connectivity index (χ3v) is 4.49. The van der Waals surface area contributed by atoms with Crippen LogP contribution in [-0.4, -0.2) is 18.9 Å². The number of carbonyl (C=O) groups excluding carboxylic acids is 2. The lowest BCUT2D eigenvalue weighted by Gasteiger charge is -2.06. The van der Waals surface area contributed by atoms with Crippen molar-refractivity contribution in [1.82, 2.24) is 0 Å². The highest BCUT2D eigenvalue weighted by molar-refractivity contribution is 6.12. The molecule has 3 aromatic carbocycles. The molecule has 1 aliphatic heterocycles. The van der Waals surface area contributed by atoms with E-state index in [0.717, 1.165) is 5.56 Å². The summed E-state index contributed by atoms with van der Waals surface area (Å²) in [5.41, 5.74) is 1.80. The van der Waals surface area contributed by atoms with Gasteiger partial charge in [0.2, 0.25) is 5.78 Å². The summed E-state index contributed by atoms with van der Waals surface area (Å²) in [5, 5.41) is 0. The number of allylic oxidation sites excluding steroid dienone is 3. The van der Waals surface area contributed by atoms with E-state index in [1.165, 1.54) is 13.2 Å². The Morgan fingerprint density at radius 3 is 2.57 bits per heavy atom. The molecule has 3 aromatic rings. The number of benzene rings is 3. The molecule has 0 radical (unpaired) electrons. The molecule has 0 saturated heterocycles. The van der Waals surface area contributed by atoms with Gasteiger partial charge in [0, 0.05) is 6.07 Å². The molecule has 0 saturated carbocycles. The maximum Gasteiger partial charge on any atom is 0.343 e. The summed E-state index contributed by atoms with van der Waals surface area (Å²) < 4.78 is 16.2. The lowest BCUT2D eigenvalue weighted by Crippen LogP contribution is -2.08. The minimum atomic E-state index is -0.528. The number of carbonyl (C=O) groups is 2. The Morgan fingerprint density at radius 1 is 0.933 bits per heavy atom. The van der Waals surface area contributed by atoms with Crippen molar-refractivity contribution in [3.05, 3.63) is 107 Å². The zero-order valence-electron chi connectivity index (χ0n) is 16.2. The standard InChI is InChI=1S/C25H18O5/c1-28-19-11-6-10-18(15-19)25(27)29-20-13-14-21-23(16-20)30-22(24(21)26)12-5-9-17-7-3-2-4-8-17/h2-16H,1H3/b9-5+,22-12-. The minimum Gasteiger partial charge on any atom is -0.497 e. The molecule has 5 heteroatoms. The number of rotatable bonds is 5. The Hall–Kier alpha value is -4.12. The van der Waals surface area contributed by atoms with Crippen molar-refractivity contribution in [2.24, 2.45) is 0 Å². The number of methoxy groups -OCH3 is 1. The summed E-state index contributed by atoms with van der Waals surface area (Å²) in [6.07, 6.45) is 5.27. The quantitative estimate of drug-likeness (QED) is 0.340. The molecule has 0 aromatic heterocycles. The smallest absolute Gasteiger partial charge is 0.343 e. The van der Waals surface area contributed by atoms with E-state index in [1.807, 2.05) is 36.4 Å². The second-order valence-electron chi connectivity index (χ2n) is 6.51. The Labute approximate surface area is 173 Å². The molecule has 30 heavy (non-hydrogen) atoms. The van der Waals surface area contributed by atoms with Gasteiger partial charge in [0.1, 0.15) is 17.2 Å². The van der Waals surface area contributed by atoms with E-state index >= 15 is 0 Å². The molecule has 0 N–H and O–H groups in total. The van der Waals surface area contributed by atoms with E-state index in [1.54, 1.807) is 48.6 Å². The van der Waals surface area contributed by atoms with E-state index in [9.17, 15) is 9.59 Å². The van der Waals surface area contributed by atoms with Crippen molar-refractivity contribution in [2.75, 3.05) is 7.11 Å². The van der Waals surface area contributed by atoms with Gasteiger partial charge in [-0.1, -0.05) is 48.6 Å². The van der Waals surface area contributed by atoms with Gasteiger partial charge in [0.25, 0.3) is 0 Å². The summed E-state index contributed by atoms with van der Waals surface area (Å²) in [7, 11) is 1.53. The lowest BCUT2D eigenvalue weighted by molar-refractivity contribution is 0.0734. The molecule has 1 heterocycles. The van der Waals surface area contributed by atoms with E-state index < -0.39 is 5.97 Å². The normalized spacial score (nSPS) is 13.9. The largest absolute Gasteiger partial charge is 0.497 e. The first-order chi connectivity index (χ1) is 14.6. The maximum atomic E-state index is 12.5. The fourth-order valence-electron chi connectivity index (χ4n) is 2.97. The first kappa shape index (κ1) is 19.2. The van der Waals surface area contributed by atoms with Crippen LogP contribution in [0.15, 0.2) is 90.7 Å². The van der Waals surface area contributed by atoms with Crippen LogP contribution in [0.2, 0.25) is 0 Å². The molecule has 0 bridgehead atoms. The number of fused-ring (bicyclic) bond motifs is 1. The van der Waals surface area contributed by atoms with Crippen molar-refractivity contribution >= 4 is 17.8 Å². The van der Waals surface area contributed by atoms with Crippen molar-refractivity contribution in [3.63, 3.8) is 0 Å². The molecular formula is C25H18O5. The van der Waals surface area contributed by atoms with Crippen molar-refractivity contribution < 1.29 is 23.8 Å². The first-order valence-corrected chi connectivity index (χ1v) is 9.30. The Bertz CT molecular complexity index is 1160. The molecule has 0 aliphatic carbocycles. The van der Waals surface area contributed by atoms with Gasteiger partial charge < -0.3 is 14.2 Å². The molecule has 0 amide bonds. The number of hydrogen-bond donors (Lipinski definition) is 0. The van der Waals surface area contributed by atoms with E-state index in [-0.39, 0.29) is 17.3 Å². The average molecular weight is 398 g/mol. The topological polar surface area (TPSA) is 61.8 Å². The summed E-state index contributed by atoms with van der Waals surface area (Å²) in [4.78, 5) is 24.9. The Kier molecular flexibility index (Phi) is 5.44. The number of esters is 1. The summed E-state index contributed by atoms with van der Waals surface area (Å²) in [6, 6.07) is 21.1. The molecule has 0 spiro atoms. The Morgan fingerprint density at radius 2 is 1.77 bits per heavy atom. The van der Waals surface area contributed by atoms with Gasteiger partial charge in [0.15, 0.2) is 5.76 Å². The Balaban J connectivity index is 1.48. The molecule has 148 valence electrons. The highest BCUT2D eigenvalue weighted by atomic mass is 16.5. The monoisotopic (exact) mass is 398 g/mol. The molecule has 0 atom stereocenters. The molecule has 0 fully saturated rings. The van der Waals surface area contributed by atoms with E-state index in [0.29, 0.717) is 22.6 Å². The number of hydrogen-bond acceptors (Lipinski definition) is 5. The van der Waals surface area contributed by atoms with Crippen LogP contribution in [0, 0.1) is 0 Å². The van der Waals surface area contributed by atoms with E-state index in [4.69, 9.17) is 14.2 Å². The number of ketones is 1. The first-order valence-electron chi connectivity index (χ1n) is 9.30. The van der Waals surface area contributed by atoms with E-state index in [2.05, 4.69) is 0 Å². The fourth-order valence-corrected chi connectivity index (χ4v) is 2.97. The van der Waals surface area contributed by atoms with Crippen molar-refractivity contribution in [2.45, 2.75) is 0 Å². The average Bonchev–Trinajstić information content (AvgIpc) is 3.09. The van der Waals surface area contributed by atoms with Crippen LogP contribution >= 0.6 is 0 Å². The third-order valence-electron chi connectivity index (χ3n) is 4.49. The summed E-state index contributed by atoms with van der Waals surface area (Å²) in [5.74, 6) is 0.679. The zero-order valence-corrected chi connectivity index (χ0v) is 16.2. The van der Waals surface area contributed by atoms with Crippen LogP contribution in [0.4, 0.5) is 0 Å². The third kappa shape index (κ3) is 4.15. The SMILES string of the molecule is COc1cccc(C(=O)Oc2ccc3c(c2)O/C(=C\C=C\c2ccccc2)C3=O)c1. The van der Waals surface area contributed by atoms with Gasteiger partial charge in [0.05, 0.1) is 18.2 Å². The number of Topliss-reactive ketones (excluding diaryl/α,β-unsaturated/α-hetero) is 1. The molecule has 4 rings (SSSR count). The predicted molar refractivity (Wildman–Crippen MR) is 113 cm³/mol. The zero-order chi connectivity index (χ0) is 20.9.